The average molecular weight is 180 g/mol. The summed E-state index contributed by atoms with van der Waals surface area (Å²) in [6.07, 6.45) is 1.43. The number of halogens is 2. The molecule has 4 heteroatoms. The summed E-state index contributed by atoms with van der Waals surface area (Å²) in [5.74, 6) is 0. The minimum absolute atomic E-state index is 0.323. The van der Waals surface area contributed by atoms with Crippen molar-refractivity contribution in [3.05, 3.63) is 21.8 Å². The lowest BCUT2D eigenvalue weighted by molar-refractivity contribution is -0.0319. The van der Waals surface area contributed by atoms with E-state index in [-0.39, 0.29) is 0 Å². The molecule has 0 aliphatic carbocycles. The second-order valence-electron chi connectivity index (χ2n) is 2.10. The standard InChI is InChI=1S/C6H7Cl2NO/c1-4-5(7)2-9(10)3-6(4)8/h2,10H,3H2,1H3. The van der Waals surface area contributed by atoms with Crippen molar-refractivity contribution in [1.82, 2.24) is 5.06 Å². The lowest BCUT2D eigenvalue weighted by atomic mass is 10.2. The molecule has 0 fully saturated rings. The molecule has 1 aliphatic rings. The third-order valence-electron chi connectivity index (χ3n) is 1.33. The van der Waals surface area contributed by atoms with Gasteiger partial charge in [0.05, 0.1) is 11.6 Å². The van der Waals surface area contributed by atoms with Gasteiger partial charge in [0.2, 0.25) is 0 Å². The molecule has 56 valence electrons. The Hall–Kier alpha value is -0.180. The fourth-order valence-electron chi connectivity index (χ4n) is 0.664. The number of nitrogens with zero attached hydrogens (tertiary/aromatic N) is 1. The van der Waals surface area contributed by atoms with E-state index in [1.807, 2.05) is 6.92 Å². The van der Waals surface area contributed by atoms with Crippen LogP contribution in [0, 0.1) is 0 Å². The van der Waals surface area contributed by atoms with Crippen LogP contribution < -0.4 is 0 Å². The smallest absolute Gasteiger partial charge is 0.0807 e. The van der Waals surface area contributed by atoms with Gasteiger partial charge in [-0.1, -0.05) is 23.2 Å². The minimum Gasteiger partial charge on any atom is -0.289 e. The Morgan fingerprint density at radius 2 is 2.20 bits per heavy atom. The summed E-state index contributed by atoms with van der Waals surface area (Å²) in [7, 11) is 0. The molecule has 0 atom stereocenters. The highest BCUT2D eigenvalue weighted by Gasteiger charge is 2.12. The number of hydrogen-bond acceptors (Lipinski definition) is 2. The topological polar surface area (TPSA) is 23.5 Å². The van der Waals surface area contributed by atoms with Crippen molar-refractivity contribution < 1.29 is 5.21 Å². The Morgan fingerprint density at radius 3 is 2.70 bits per heavy atom. The zero-order valence-corrected chi connectivity index (χ0v) is 6.95. The van der Waals surface area contributed by atoms with Crippen LogP contribution in [-0.4, -0.2) is 16.8 Å². The first-order valence-electron chi connectivity index (χ1n) is 2.79. The van der Waals surface area contributed by atoms with E-state index in [4.69, 9.17) is 28.4 Å². The lowest BCUT2D eigenvalue weighted by Gasteiger charge is -2.18. The minimum atomic E-state index is 0.323. The average Bonchev–Trinajstić information content (AvgIpc) is 1.82. The normalized spacial score (nSPS) is 19.6. The summed E-state index contributed by atoms with van der Waals surface area (Å²) in [5, 5.41) is 10.9. The van der Waals surface area contributed by atoms with Gasteiger partial charge < -0.3 is 0 Å². The molecule has 0 unspecified atom stereocenters. The first kappa shape index (κ1) is 7.92. The molecule has 1 N–H and O–H groups in total. The largest absolute Gasteiger partial charge is 0.289 e. The van der Waals surface area contributed by atoms with Crippen LogP contribution in [0.1, 0.15) is 6.92 Å². The second-order valence-corrected chi connectivity index (χ2v) is 2.97. The quantitative estimate of drug-likeness (QED) is 0.618. The molecule has 0 radical (unpaired) electrons. The summed E-state index contributed by atoms with van der Waals surface area (Å²) in [4.78, 5) is 0. The van der Waals surface area contributed by atoms with Gasteiger partial charge in [0.15, 0.2) is 0 Å². The van der Waals surface area contributed by atoms with Crippen molar-refractivity contribution in [3.63, 3.8) is 0 Å². The number of allylic oxidation sites excluding steroid dienone is 2. The predicted octanol–water partition coefficient (Wildman–Crippen LogP) is 2.28. The Kier molecular flexibility index (Phi) is 2.24. The van der Waals surface area contributed by atoms with Gasteiger partial charge in [-0.25, -0.2) is 0 Å². The van der Waals surface area contributed by atoms with Crippen molar-refractivity contribution in [2.45, 2.75) is 6.92 Å². The summed E-state index contributed by atoms with van der Waals surface area (Å²) >= 11 is 11.4. The Labute approximate surface area is 69.3 Å². The summed E-state index contributed by atoms with van der Waals surface area (Å²) in [6.45, 7) is 2.14. The van der Waals surface area contributed by atoms with Gasteiger partial charge >= 0.3 is 0 Å². The molecule has 10 heavy (non-hydrogen) atoms. The van der Waals surface area contributed by atoms with E-state index in [0.717, 1.165) is 10.6 Å². The van der Waals surface area contributed by atoms with Crippen LogP contribution in [-0.2, 0) is 0 Å². The molecule has 0 aromatic carbocycles. The van der Waals surface area contributed by atoms with Gasteiger partial charge in [0.1, 0.15) is 0 Å². The van der Waals surface area contributed by atoms with E-state index in [0.29, 0.717) is 16.6 Å². The zero-order valence-electron chi connectivity index (χ0n) is 5.43. The second kappa shape index (κ2) is 2.82. The van der Waals surface area contributed by atoms with Crippen LogP contribution in [0.25, 0.3) is 0 Å². The van der Waals surface area contributed by atoms with Gasteiger partial charge in [-0.3, -0.25) is 10.3 Å². The molecule has 1 aliphatic heterocycles. The first-order chi connectivity index (χ1) is 4.61. The molecule has 0 saturated carbocycles. The third kappa shape index (κ3) is 1.45. The van der Waals surface area contributed by atoms with Gasteiger partial charge in [-0.05, 0) is 12.5 Å². The zero-order chi connectivity index (χ0) is 7.72. The van der Waals surface area contributed by atoms with Crippen LogP contribution in [0.3, 0.4) is 0 Å². The van der Waals surface area contributed by atoms with Gasteiger partial charge in [0.25, 0.3) is 0 Å². The predicted molar refractivity (Wildman–Crippen MR) is 41.0 cm³/mol. The molecule has 0 aromatic rings. The summed E-state index contributed by atoms with van der Waals surface area (Å²) in [5.41, 5.74) is 0.827. The molecular formula is C6H7Cl2NO. The number of hydroxylamine groups is 2. The molecule has 0 aromatic heterocycles. The third-order valence-corrected chi connectivity index (χ3v) is 2.11. The molecule has 0 bridgehead atoms. The molecule has 1 heterocycles. The summed E-state index contributed by atoms with van der Waals surface area (Å²) in [6, 6.07) is 0. The molecule has 0 spiro atoms. The first-order valence-corrected chi connectivity index (χ1v) is 3.55. The van der Waals surface area contributed by atoms with Crippen molar-refractivity contribution >= 4 is 23.2 Å². The fraction of sp³-hybridized carbons (Fsp3) is 0.333. The number of hydrogen-bond donors (Lipinski definition) is 1. The van der Waals surface area contributed by atoms with Crippen molar-refractivity contribution in [1.29, 1.82) is 0 Å². The van der Waals surface area contributed by atoms with Gasteiger partial charge in [-0.2, -0.15) is 0 Å². The Bertz CT molecular complexity index is 210. The summed E-state index contributed by atoms with van der Waals surface area (Å²) < 4.78 is 0. The Balaban J connectivity index is 2.90. The highest BCUT2D eigenvalue weighted by molar-refractivity contribution is 6.35. The molecule has 1 rings (SSSR count). The van der Waals surface area contributed by atoms with Crippen LogP contribution in [0.5, 0.6) is 0 Å². The van der Waals surface area contributed by atoms with Crippen molar-refractivity contribution in [3.8, 4) is 0 Å². The van der Waals surface area contributed by atoms with E-state index in [1.54, 1.807) is 0 Å². The van der Waals surface area contributed by atoms with E-state index in [1.165, 1.54) is 6.20 Å². The maximum atomic E-state index is 8.92. The van der Waals surface area contributed by atoms with Gasteiger partial charge in [-0.15, -0.1) is 0 Å². The molecule has 0 saturated heterocycles. The fourth-order valence-corrected chi connectivity index (χ4v) is 1.16. The van der Waals surface area contributed by atoms with Crippen LogP contribution in [0.2, 0.25) is 0 Å². The lowest BCUT2D eigenvalue weighted by Crippen LogP contribution is -2.18. The van der Waals surface area contributed by atoms with E-state index < -0.39 is 0 Å². The van der Waals surface area contributed by atoms with Crippen molar-refractivity contribution in [2.75, 3.05) is 6.54 Å². The van der Waals surface area contributed by atoms with Crippen molar-refractivity contribution in [2.24, 2.45) is 0 Å². The molecule has 2 nitrogen and oxygen atoms in total. The van der Waals surface area contributed by atoms with Crippen LogP contribution in [0.15, 0.2) is 21.8 Å². The maximum Gasteiger partial charge on any atom is 0.0807 e. The van der Waals surface area contributed by atoms with E-state index >= 15 is 0 Å². The van der Waals surface area contributed by atoms with Crippen LogP contribution >= 0.6 is 23.2 Å². The van der Waals surface area contributed by atoms with E-state index in [9.17, 15) is 0 Å². The molecular weight excluding hydrogens is 173 g/mol. The van der Waals surface area contributed by atoms with Crippen LogP contribution in [0.4, 0.5) is 0 Å². The highest BCUT2D eigenvalue weighted by Crippen LogP contribution is 2.25. The monoisotopic (exact) mass is 179 g/mol. The highest BCUT2D eigenvalue weighted by atomic mass is 35.5. The van der Waals surface area contributed by atoms with Gasteiger partial charge in [0, 0.05) is 11.2 Å². The molecule has 0 amide bonds. The van der Waals surface area contributed by atoms with E-state index in [2.05, 4.69) is 0 Å². The number of rotatable bonds is 0. The maximum absolute atomic E-state index is 8.92. The Morgan fingerprint density at radius 1 is 1.60 bits per heavy atom. The SMILES string of the molecule is CC1=C(Cl)CN(O)C=C1Cl.